The van der Waals surface area contributed by atoms with Gasteiger partial charge in [-0.1, -0.05) is 23.3 Å². The van der Waals surface area contributed by atoms with Crippen molar-refractivity contribution in [1.82, 2.24) is 9.97 Å². The lowest BCUT2D eigenvalue weighted by Gasteiger charge is -2.42. The minimum Gasteiger partial charge on any atom is -0.611 e. The van der Waals surface area contributed by atoms with Gasteiger partial charge in [0, 0.05) is 44.7 Å². The number of aryl methyl sites for hydroxylation is 1. The summed E-state index contributed by atoms with van der Waals surface area (Å²) in [5.41, 5.74) is 4.18. The van der Waals surface area contributed by atoms with Gasteiger partial charge in [0.05, 0.1) is 12.7 Å². The number of methoxy groups -OCH3 is 1. The molecule has 8 nitrogen and oxygen atoms in total. The van der Waals surface area contributed by atoms with Crippen LogP contribution >= 0.6 is 0 Å². The van der Waals surface area contributed by atoms with Crippen molar-refractivity contribution in [3.05, 3.63) is 40.6 Å². The number of hydrogen-bond donors (Lipinski definition) is 1. The second-order valence-electron chi connectivity index (χ2n) is 9.64. The highest BCUT2D eigenvalue weighted by atomic mass is 32.2. The largest absolute Gasteiger partial charge is 0.611 e. The summed E-state index contributed by atoms with van der Waals surface area (Å²) in [5.74, 6) is 2.48. The fraction of sp³-hybridized carbons (Fsp3) is 0.577. The minimum atomic E-state index is -1.05. The van der Waals surface area contributed by atoms with Crippen LogP contribution in [0.25, 0.3) is 0 Å². The molecular formula is C26H34N4O4S. The first-order chi connectivity index (χ1) is 17.0. The zero-order valence-electron chi connectivity index (χ0n) is 20.7. The molecule has 3 unspecified atom stereocenters. The highest BCUT2D eigenvalue weighted by Gasteiger charge is 2.39. The Morgan fingerprint density at radius 3 is 2.86 bits per heavy atom. The first-order valence-corrected chi connectivity index (χ1v) is 13.9. The maximum absolute atomic E-state index is 12.7. The molecule has 3 heterocycles. The number of likely N-dealkylation sites (N-methyl/N-ethyl adjacent to an activating group) is 1. The van der Waals surface area contributed by atoms with Crippen LogP contribution in [0, 0.1) is 11.8 Å². The van der Waals surface area contributed by atoms with Gasteiger partial charge in [0.25, 0.3) is 0 Å². The Morgan fingerprint density at radius 2 is 2.17 bits per heavy atom. The van der Waals surface area contributed by atoms with E-state index in [1.807, 2.05) is 6.08 Å². The summed E-state index contributed by atoms with van der Waals surface area (Å²) in [6, 6.07) is 0.277. The van der Waals surface area contributed by atoms with Crippen molar-refractivity contribution in [2.75, 3.05) is 49.4 Å². The van der Waals surface area contributed by atoms with Gasteiger partial charge in [-0.3, -0.25) is 0 Å². The van der Waals surface area contributed by atoms with Crippen LogP contribution in [0.5, 0.6) is 0 Å². The monoisotopic (exact) mass is 498 g/mol. The summed E-state index contributed by atoms with van der Waals surface area (Å²) in [6.45, 7) is 7.22. The quantitative estimate of drug-likeness (QED) is 0.331. The third-order valence-electron chi connectivity index (χ3n) is 7.48. The molecule has 1 aromatic heterocycles. The molecule has 9 heteroatoms. The second-order valence-corrected chi connectivity index (χ2v) is 11.2. The topological polar surface area (TPSA) is 99.6 Å². The van der Waals surface area contributed by atoms with Gasteiger partial charge < -0.3 is 24.2 Å². The van der Waals surface area contributed by atoms with Crippen LogP contribution in [0.15, 0.2) is 39.8 Å². The number of nitrogens with one attached hydrogen (secondary N) is 1. The lowest BCUT2D eigenvalue weighted by Crippen LogP contribution is -2.33. The Balaban J connectivity index is 1.32. The number of ether oxygens (including phenoxy) is 2. The summed E-state index contributed by atoms with van der Waals surface area (Å²) < 4.78 is 23.1. The van der Waals surface area contributed by atoms with Crippen LogP contribution in [-0.4, -0.2) is 65.7 Å². The summed E-state index contributed by atoms with van der Waals surface area (Å²) in [4.78, 5) is 24.5. The van der Waals surface area contributed by atoms with E-state index < -0.39 is 11.2 Å². The number of carbonyl (C=O) groups is 1. The molecular weight excluding hydrogens is 464 g/mol. The molecule has 1 saturated carbocycles. The Labute approximate surface area is 210 Å². The van der Waals surface area contributed by atoms with Gasteiger partial charge in [0.1, 0.15) is 11.4 Å². The second kappa shape index (κ2) is 10.3. The molecule has 2 aliphatic carbocycles. The first-order valence-electron chi connectivity index (χ1n) is 12.5. The fourth-order valence-electron chi connectivity index (χ4n) is 5.48. The van der Waals surface area contributed by atoms with Gasteiger partial charge >= 0.3 is 5.97 Å². The SMILES string of the molecule is CCN(C/C=C(\C)C1C2=CC(C(=O)OC)=CC1C2)c1nc2c(c(NC3CCOCC3)n1)[S+]([O-])CC2. The van der Waals surface area contributed by atoms with Crippen molar-refractivity contribution in [2.24, 2.45) is 11.8 Å². The van der Waals surface area contributed by atoms with Crippen LogP contribution in [0.2, 0.25) is 0 Å². The van der Waals surface area contributed by atoms with Gasteiger partial charge in [-0.05, 0) is 56.3 Å². The summed E-state index contributed by atoms with van der Waals surface area (Å²) in [6.07, 6.45) is 9.87. The molecule has 2 fully saturated rings. The molecule has 3 atom stereocenters. The van der Waals surface area contributed by atoms with E-state index in [1.54, 1.807) is 0 Å². The predicted octanol–water partition coefficient (Wildman–Crippen LogP) is 3.18. The van der Waals surface area contributed by atoms with Gasteiger partial charge in [0.2, 0.25) is 10.8 Å². The highest BCUT2D eigenvalue weighted by molar-refractivity contribution is 7.91. The van der Waals surface area contributed by atoms with Gasteiger partial charge in [-0.25, -0.2) is 9.78 Å². The molecule has 188 valence electrons. The molecule has 4 aliphatic rings. The van der Waals surface area contributed by atoms with Crippen LogP contribution in [0.3, 0.4) is 0 Å². The Bertz CT molecular complexity index is 1080. The number of hydrogen-bond acceptors (Lipinski definition) is 8. The van der Waals surface area contributed by atoms with Crippen LogP contribution in [0.4, 0.5) is 11.8 Å². The maximum Gasteiger partial charge on any atom is 0.337 e. The van der Waals surface area contributed by atoms with E-state index in [1.165, 1.54) is 18.3 Å². The number of nitrogens with zero attached hydrogens (tertiary/aromatic N) is 3. The number of esters is 1. The molecule has 1 N–H and O–H groups in total. The normalized spacial score (nSPS) is 25.8. The van der Waals surface area contributed by atoms with Crippen molar-refractivity contribution < 1.29 is 18.8 Å². The van der Waals surface area contributed by atoms with E-state index in [2.05, 4.69) is 36.2 Å². The van der Waals surface area contributed by atoms with E-state index in [0.717, 1.165) is 61.8 Å². The standard InChI is InChI=1S/C26H34N4O4S/c1-4-30(9-5-16(2)22-17-13-18(22)15-19(14-17)25(31)33-3)26-28-21-8-12-35(32)23(21)24(29-26)27-20-6-10-34-11-7-20/h5,14-15,17,20,22H,4,6-13H2,1-3H3,(H,27,28,29)/b16-5+. The Kier molecular flexibility index (Phi) is 7.18. The maximum atomic E-state index is 12.7. The molecule has 0 spiro atoms. The number of fused-ring (bicyclic) bond motifs is 3. The van der Waals surface area contributed by atoms with Gasteiger partial charge in [-0.2, -0.15) is 4.98 Å². The number of allylic oxidation sites excluding steroid dienone is 3. The Hall–Kier alpha value is -2.36. The summed E-state index contributed by atoms with van der Waals surface area (Å²) >= 11 is -1.05. The van der Waals surface area contributed by atoms with E-state index in [9.17, 15) is 9.35 Å². The molecule has 1 aromatic rings. The van der Waals surface area contributed by atoms with Gasteiger partial charge in [0.15, 0.2) is 5.82 Å². The molecule has 2 bridgehead atoms. The number of aromatic nitrogens is 2. The van der Waals surface area contributed by atoms with Crippen molar-refractivity contribution in [2.45, 2.75) is 50.5 Å². The number of rotatable bonds is 8. The lowest BCUT2D eigenvalue weighted by atomic mass is 9.62. The molecule has 0 amide bonds. The van der Waals surface area contributed by atoms with Crippen molar-refractivity contribution >= 4 is 28.9 Å². The molecule has 0 radical (unpaired) electrons. The van der Waals surface area contributed by atoms with Crippen LogP contribution in [-0.2, 0) is 31.9 Å². The average Bonchev–Trinajstić information content (AvgIpc) is 3.25. The summed E-state index contributed by atoms with van der Waals surface area (Å²) in [7, 11) is 1.42. The van der Waals surface area contributed by atoms with Crippen molar-refractivity contribution in [1.29, 1.82) is 0 Å². The molecule has 35 heavy (non-hydrogen) atoms. The van der Waals surface area contributed by atoms with Crippen LogP contribution in [0.1, 0.15) is 38.8 Å². The van der Waals surface area contributed by atoms with E-state index in [-0.39, 0.29) is 12.0 Å². The summed E-state index contributed by atoms with van der Waals surface area (Å²) in [5, 5.41) is 3.56. The third-order valence-corrected chi connectivity index (χ3v) is 8.94. The third kappa shape index (κ3) is 4.86. The van der Waals surface area contributed by atoms with Crippen molar-refractivity contribution in [3.63, 3.8) is 0 Å². The number of carbonyl (C=O) groups excluding carboxylic acids is 1. The van der Waals surface area contributed by atoms with E-state index in [4.69, 9.17) is 19.4 Å². The smallest absolute Gasteiger partial charge is 0.337 e. The number of anilines is 2. The van der Waals surface area contributed by atoms with E-state index in [0.29, 0.717) is 35.7 Å². The highest BCUT2D eigenvalue weighted by Crippen LogP contribution is 2.49. The molecule has 0 aromatic carbocycles. The van der Waals surface area contributed by atoms with Crippen molar-refractivity contribution in [3.8, 4) is 0 Å². The van der Waals surface area contributed by atoms with Crippen LogP contribution < -0.4 is 10.2 Å². The molecule has 5 rings (SSSR count). The average molecular weight is 499 g/mol. The van der Waals surface area contributed by atoms with E-state index >= 15 is 0 Å². The van der Waals surface area contributed by atoms with Gasteiger partial charge in [-0.15, -0.1) is 0 Å². The molecule has 2 aliphatic heterocycles. The fourth-order valence-corrected chi connectivity index (χ4v) is 6.79. The minimum absolute atomic E-state index is 0.260. The molecule has 1 saturated heterocycles. The zero-order valence-corrected chi connectivity index (χ0v) is 21.5. The lowest BCUT2D eigenvalue weighted by molar-refractivity contribution is -0.135. The zero-order chi connectivity index (χ0) is 24.5. The Morgan fingerprint density at radius 1 is 1.37 bits per heavy atom. The predicted molar refractivity (Wildman–Crippen MR) is 136 cm³/mol. The first kappa shape index (κ1) is 24.3.